The molecular weight excluding hydrogens is 440 g/mol. The van der Waals surface area contributed by atoms with Gasteiger partial charge < -0.3 is 19.8 Å². The van der Waals surface area contributed by atoms with Crippen molar-refractivity contribution in [1.82, 2.24) is 10.3 Å². The summed E-state index contributed by atoms with van der Waals surface area (Å²) in [5.41, 5.74) is 8.08. The van der Waals surface area contributed by atoms with Crippen LogP contribution in [0.3, 0.4) is 0 Å². The van der Waals surface area contributed by atoms with Crippen LogP contribution in [0, 0.1) is 13.8 Å². The fourth-order valence-electron chi connectivity index (χ4n) is 5.91. The summed E-state index contributed by atoms with van der Waals surface area (Å²) >= 11 is 0. The molecule has 180 valence electrons. The number of aromatic nitrogens is 1. The molecule has 35 heavy (non-hydrogen) atoms. The maximum absolute atomic E-state index is 13.9. The van der Waals surface area contributed by atoms with E-state index in [-0.39, 0.29) is 18.3 Å². The van der Waals surface area contributed by atoms with Gasteiger partial charge in [0.2, 0.25) is 0 Å². The molecule has 0 radical (unpaired) electrons. The van der Waals surface area contributed by atoms with Gasteiger partial charge in [0.1, 0.15) is 0 Å². The Morgan fingerprint density at radius 1 is 1.03 bits per heavy atom. The lowest BCUT2D eigenvalue weighted by atomic mass is 9.70. The molecule has 1 aliphatic heterocycles. The highest BCUT2D eigenvalue weighted by molar-refractivity contribution is 6.05. The van der Waals surface area contributed by atoms with Gasteiger partial charge in [-0.3, -0.25) is 4.79 Å². The third-order valence-corrected chi connectivity index (χ3v) is 7.30. The largest absolute Gasteiger partial charge is 0.466 e. The third-order valence-electron chi connectivity index (χ3n) is 7.30. The Hall–Kier alpha value is -3.64. The van der Waals surface area contributed by atoms with Crippen molar-refractivity contribution in [3.63, 3.8) is 0 Å². The summed E-state index contributed by atoms with van der Waals surface area (Å²) in [7, 11) is 2.97. The molecule has 0 bridgehead atoms. The molecule has 2 heterocycles. The van der Waals surface area contributed by atoms with Crippen LogP contribution in [-0.4, -0.2) is 37.6 Å². The van der Waals surface area contributed by atoms with Crippen LogP contribution in [0.4, 0.5) is 0 Å². The lowest BCUT2D eigenvalue weighted by molar-refractivity contribution is -0.136. The zero-order chi connectivity index (χ0) is 24.7. The van der Waals surface area contributed by atoms with Crippen LogP contribution in [-0.2, 0) is 19.1 Å². The van der Waals surface area contributed by atoms with Gasteiger partial charge in [0, 0.05) is 47.8 Å². The molecule has 6 nitrogen and oxygen atoms in total. The van der Waals surface area contributed by atoms with E-state index in [0.717, 1.165) is 22.2 Å². The van der Waals surface area contributed by atoms with Crippen molar-refractivity contribution in [2.24, 2.45) is 0 Å². The average molecular weight is 471 g/mol. The molecule has 0 saturated carbocycles. The SMILES string of the molecule is COCC1=C(C(=O)OC)C(c2cccc3[nH]ccc23)C2=C(CC(c3c(C)cccc3C)CC2=O)N1. The molecule has 2 N–H and O–H groups in total. The van der Waals surface area contributed by atoms with Crippen molar-refractivity contribution in [1.29, 1.82) is 0 Å². The van der Waals surface area contributed by atoms with Gasteiger partial charge in [-0.05, 0) is 60.6 Å². The Bertz CT molecular complexity index is 1370. The average Bonchev–Trinajstić information content (AvgIpc) is 3.32. The van der Waals surface area contributed by atoms with E-state index >= 15 is 0 Å². The van der Waals surface area contributed by atoms with Crippen molar-refractivity contribution in [2.45, 2.75) is 38.5 Å². The highest BCUT2D eigenvalue weighted by Crippen LogP contribution is 2.47. The quantitative estimate of drug-likeness (QED) is 0.516. The monoisotopic (exact) mass is 470 g/mol. The predicted octanol–water partition coefficient (Wildman–Crippen LogP) is 4.95. The zero-order valence-corrected chi connectivity index (χ0v) is 20.5. The molecule has 0 fully saturated rings. The van der Waals surface area contributed by atoms with Crippen molar-refractivity contribution < 1.29 is 19.1 Å². The summed E-state index contributed by atoms with van der Waals surface area (Å²) < 4.78 is 10.7. The number of aromatic amines is 1. The van der Waals surface area contributed by atoms with E-state index in [2.05, 4.69) is 42.3 Å². The van der Waals surface area contributed by atoms with E-state index in [0.29, 0.717) is 29.7 Å². The molecule has 0 amide bonds. The van der Waals surface area contributed by atoms with Crippen molar-refractivity contribution >= 4 is 22.7 Å². The molecule has 0 spiro atoms. The minimum absolute atomic E-state index is 0.0572. The molecule has 2 unspecified atom stereocenters. The summed E-state index contributed by atoms with van der Waals surface area (Å²) in [4.78, 5) is 30.3. The Balaban J connectivity index is 1.71. The second-order valence-electron chi connectivity index (χ2n) is 9.39. The first-order valence-corrected chi connectivity index (χ1v) is 11.9. The number of carbonyl (C=O) groups excluding carboxylic acids is 2. The first kappa shape index (κ1) is 23.1. The van der Waals surface area contributed by atoms with Gasteiger partial charge in [-0.1, -0.05) is 30.3 Å². The van der Waals surface area contributed by atoms with Gasteiger partial charge in [0.05, 0.1) is 25.0 Å². The number of Topliss-reactive ketones (excluding diaryl/α,β-unsaturated/α-hetero) is 1. The molecule has 1 aromatic heterocycles. The number of methoxy groups -OCH3 is 2. The number of fused-ring (bicyclic) bond motifs is 1. The van der Waals surface area contributed by atoms with Gasteiger partial charge in [-0.25, -0.2) is 4.79 Å². The van der Waals surface area contributed by atoms with E-state index in [1.54, 1.807) is 7.11 Å². The number of allylic oxidation sites excluding steroid dienone is 2. The number of hydrogen-bond acceptors (Lipinski definition) is 5. The Morgan fingerprint density at radius 2 is 1.77 bits per heavy atom. The van der Waals surface area contributed by atoms with E-state index in [4.69, 9.17) is 9.47 Å². The molecule has 0 saturated heterocycles. The number of ketones is 1. The highest BCUT2D eigenvalue weighted by atomic mass is 16.5. The maximum Gasteiger partial charge on any atom is 0.336 e. The van der Waals surface area contributed by atoms with Gasteiger partial charge in [0.15, 0.2) is 5.78 Å². The molecule has 2 aromatic carbocycles. The number of H-pyrrole nitrogens is 1. The first-order chi connectivity index (χ1) is 16.9. The van der Waals surface area contributed by atoms with Gasteiger partial charge >= 0.3 is 5.97 Å². The van der Waals surface area contributed by atoms with Crippen molar-refractivity contribution in [2.75, 3.05) is 20.8 Å². The second-order valence-corrected chi connectivity index (χ2v) is 9.39. The zero-order valence-electron chi connectivity index (χ0n) is 20.5. The summed E-state index contributed by atoms with van der Waals surface area (Å²) in [5, 5.41) is 4.42. The fourth-order valence-corrected chi connectivity index (χ4v) is 5.91. The summed E-state index contributed by atoms with van der Waals surface area (Å²) in [6, 6.07) is 14.2. The lowest BCUT2D eigenvalue weighted by Crippen LogP contribution is -2.38. The van der Waals surface area contributed by atoms with E-state index in [1.165, 1.54) is 23.8 Å². The summed E-state index contributed by atoms with van der Waals surface area (Å²) in [6.07, 6.45) is 2.97. The number of dihydropyridines is 1. The molecule has 1 aliphatic carbocycles. The second kappa shape index (κ2) is 9.19. The number of carbonyl (C=O) groups is 2. The Kier molecular flexibility index (Phi) is 6.07. The predicted molar refractivity (Wildman–Crippen MR) is 135 cm³/mol. The van der Waals surface area contributed by atoms with Crippen LogP contribution in [0.25, 0.3) is 10.9 Å². The molecule has 6 heteroatoms. The van der Waals surface area contributed by atoms with E-state index < -0.39 is 11.9 Å². The highest BCUT2D eigenvalue weighted by Gasteiger charge is 2.43. The number of hydrogen-bond donors (Lipinski definition) is 2. The summed E-state index contributed by atoms with van der Waals surface area (Å²) in [6.45, 7) is 4.42. The van der Waals surface area contributed by atoms with Crippen molar-refractivity contribution in [3.05, 3.63) is 93.5 Å². The minimum atomic E-state index is -0.533. The first-order valence-electron chi connectivity index (χ1n) is 11.9. The van der Waals surface area contributed by atoms with Gasteiger partial charge in [-0.2, -0.15) is 0 Å². The van der Waals surface area contributed by atoms with Gasteiger partial charge in [-0.15, -0.1) is 0 Å². The van der Waals surface area contributed by atoms with Crippen LogP contribution in [0.5, 0.6) is 0 Å². The fraction of sp³-hybridized carbons (Fsp3) is 0.310. The van der Waals surface area contributed by atoms with E-state index in [9.17, 15) is 9.59 Å². The van der Waals surface area contributed by atoms with E-state index in [1.807, 2.05) is 30.5 Å². The minimum Gasteiger partial charge on any atom is -0.466 e. The molecular formula is C29H30N2O4. The number of benzene rings is 2. The number of nitrogens with one attached hydrogen (secondary N) is 2. The van der Waals surface area contributed by atoms with Crippen LogP contribution in [0.1, 0.15) is 46.9 Å². The van der Waals surface area contributed by atoms with Crippen LogP contribution < -0.4 is 5.32 Å². The molecule has 5 rings (SSSR count). The van der Waals surface area contributed by atoms with Crippen LogP contribution >= 0.6 is 0 Å². The third kappa shape index (κ3) is 3.88. The maximum atomic E-state index is 13.9. The van der Waals surface area contributed by atoms with Crippen LogP contribution in [0.2, 0.25) is 0 Å². The normalized spacial score (nSPS) is 20.2. The van der Waals surface area contributed by atoms with Crippen molar-refractivity contribution in [3.8, 4) is 0 Å². The number of aryl methyl sites for hydroxylation is 2. The van der Waals surface area contributed by atoms with Crippen LogP contribution in [0.15, 0.2) is 71.2 Å². The number of rotatable bonds is 5. The molecule has 2 atom stereocenters. The topological polar surface area (TPSA) is 80.4 Å². The smallest absolute Gasteiger partial charge is 0.336 e. The van der Waals surface area contributed by atoms with Gasteiger partial charge in [0.25, 0.3) is 0 Å². The summed E-state index contributed by atoms with van der Waals surface area (Å²) in [5.74, 6) is -0.864. The number of ether oxygens (including phenoxy) is 2. The Labute approximate surface area is 205 Å². The molecule has 2 aliphatic rings. The lowest BCUT2D eigenvalue weighted by Gasteiger charge is -2.38. The number of esters is 1. The molecule has 3 aromatic rings. The standard InChI is InChI=1S/C29H30N2O4/c1-16-7-5-8-17(2)25(16)18-13-22-27(24(32)14-18)26(20-9-6-10-21-19(20)11-12-30-21)28(29(33)35-4)23(31-22)15-34-3/h5-12,18,26,30-31H,13-15H2,1-4H3. The Morgan fingerprint density at radius 3 is 2.49 bits per heavy atom.